The summed E-state index contributed by atoms with van der Waals surface area (Å²) < 4.78 is 6.06. The largest absolute Gasteiger partial charge is 0.455 e. The van der Waals surface area contributed by atoms with E-state index in [4.69, 9.17) is 4.74 Å². The predicted octanol–water partition coefficient (Wildman–Crippen LogP) is 4.10. The van der Waals surface area contributed by atoms with Gasteiger partial charge in [-0.15, -0.1) is 0 Å². The molecule has 0 aromatic rings. The molecule has 2 nitrogen and oxygen atoms in total. The zero-order valence-corrected chi connectivity index (χ0v) is 12.8. The molecule has 5 unspecified atom stereocenters. The molecule has 4 saturated carbocycles. The van der Waals surface area contributed by atoms with Gasteiger partial charge in [-0.2, -0.15) is 0 Å². The van der Waals surface area contributed by atoms with Crippen molar-refractivity contribution in [1.29, 1.82) is 0 Å². The first-order valence-corrected chi connectivity index (χ1v) is 8.38. The summed E-state index contributed by atoms with van der Waals surface area (Å²) in [7, 11) is 0. The van der Waals surface area contributed by atoms with E-state index in [0.717, 1.165) is 30.6 Å². The van der Waals surface area contributed by atoms with Gasteiger partial charge < -0.3 is 4.74 Å². The monoisotopic (exact) mass is 274 g/mol. The van der Waals surface area contributed by atoms with Crippen LogP contribution in [0.4, 0.5) is 0 Å². The Morgan fingerprint density at radius 1 is 1.35 bits per heavy atom. The van der Waals surface area contributed by atoms with Crippen LogP contribution in [0, 0.1) is 29.1 Å². The van der Waals surface area contributed by atoms with Crippen LogP contribution >= 0.6 is 0 Å². The molecule has 0 N–H and O–H groups in total. The van der Waals surface area contributed by atoms with Gasteiger partial charge in [-0.1, -0.05) is 13.5 Å². The molecule has 4 aliphatic rings. The highest BCUT2D eigenvalue weighted by molar-refractivity contribution is 5.87. The van der Waals surface area contributed by atoms with Gasteiger partial charge in [0.2, 0.25) is 0 Å². The molecule has 5 bridgehead atoms. The maximum absolute atomic E-state index is 12.1. The van der Waals surface area contributed by atoms with E-state index < -0.39 is 0 Å². The molecule has 4 aliphatic carbocycles. The summed E-state index contributed by atoms with van der Waals surface area (Å²) >= 11 is 0. The van der Waals surface area contributed by atoms with Gasteiger partial charge in [-0.05, 0) is 75.0 Å². The lowest BCUT2D eigenvalue weighted by Crippen LogP contribution is -2.48. The van der Waals surface area contributed by atoms with Crippen molar-refractivity contribution in [1.82, 2.24) is 0 Å². The number of ether oxygens (including phenoxy) is 1. The normalized spacial score (nSPS) is 51.3. The Labute approximate surface area is 122 Å². The minimum Gasteiger partial charge on any atom is -0.455 e. The lowest BCUT2D eigenvalue weighted by Gasteiger charge is -2.49. The fourth-order valence-corrected chi connectivity index (χ4v) is 6.51. The molecule has 0 aromatic carbocycles. The van der Waals surface area contributed by atoms with Crippen molar-refractivity contribution in [3.8, 4) is 0 Å². The molecule has 0 aromatic heterocycles. The smallest absolute Gasteiger partial charge is 0.333 e. The van der Waals surface area contributed by atoms with Crippen molar-refractivity contribution in [2.45, 2.75) is 64.4 Å². The molecule has 4 fully saturated rings. The van der Waals surface area contributed by atoms with E-state index >= 15 is 0 Å². The van der Waals surface area contributed by atoms with Crippen LogP contribution in [0.15, 0.2) is 12.2 Å². The molecule has 0 amide bonds. The first-order valence-electron chi connectivity index (χ1n) is 8.38. The first kappa shape index (κ1) is 12.9. The molecular weight excluding hydrogens is 248 g/mol. The first-order chi connectivity index (χ1) is 9.50. The zero-order chi connectivity index (χ0) is 14.1. The third-order valence-corrected chi connectivity index (χ3v) is 7.30. The van der Waals surface area contributed by atoms with Crippen LogP contribution < -0.4 is 0 Å². The standard InChI is InChI=1S/C18H26O2/c1-4-18(20-16(19)11(2)3)10-17-8-14(15(18)9-17)12-5-6-13(17)7-12/h12-15H,2,4-10H2,1,3H3/t12?,13?,14?,15-,17?,18?/m0/s1. The summed E-state index contributed by atoms with van der Waals surface area (Å²) in [6.45, 7) is 7.74. The lowest BCUT2D eigenvalue weighted by atomic mass is 9.60. The minimum atomic E-state index is -0.166. The van der Waals surface area contributed by atoms with Crippen molar-refractivity contribution in [3.63, 3.8) is 0 Å². The van der Waals surface area contributed by atoms with E-state index in [2.05, 4.69) is 13.5 Å². The number of carbonyl (C=O) groups excluding carboxylic acids is 1. The van der Waals surface area contributed by atoms with Crippen LogP contribution in [0.1, 0.15) is 58.8 Å². The topological polar surface area (TPSA) is 26.3 Å². The summed E-state index contributed by atoms with van der Waals surface area (Å²) in [6.07, 6.45) is 9.21. The van der Waals surface area contributed by atoms with Crippen LogP contribution in [0.25, 0.3) is 0 Å². The van der Waals surface area contributed by atoms with Crippen LogP contribution in [0.5, 0.6) is 0 Å². The average Bonchev–Trinajstić information content (AvgIpc) is 3.05. The SMILES string of the molecule is C=C(C)C(=O)OC1(CC)CC23CC(C4CCC2C4)[C@@H]1C3. The van der Waals surface area contributed by atoms with Gasteiger partial charge in [0.1, 0.15) is 5.60 Å². The van der Waals surface area contributed by atoms with Gasteiger partial charge in [0.15, 0.2) is 0 Å². The molecular formula is C18H26O2. The Hall–Kier alpha value is -0.790. The van der Waals surface area contributed by atoms with Crippen molar-refractivity contribution in [3.05, 3.63) is 12.2 Å². The molecule has 6 atom stereocenters. The van der Waals surface area contributed by atoms with Gasteiger partial charge in [0.25, 0.3) is 0 Å². The number of rotatable bonds is 3. The van der Waals surface area contributed by atoms with E-state index in [9.17, 15) is 4.79 Å². The summed E-state index contributed by atoms with van der Waals surface area (Å²) in [5, 5.41) is 0. The molecule has 20 heavy (non-hydrogen) atoms. The van der Waals surface area contributed by atoms with Gasteiger partial charge in [0.05, 0.1) is 0 Å². The molecule has 0 heterocycles. The van der Waals surface area contributed by atoms with Crippen LogP contribution in [-0.4, -0.2) is 11.6 Å². The molecule has 2 heteroatoms. The lowest BCUT2D eigenvalue weighted by molar-refractivity contribution is -0.169. The highest BCUT2D eigenvalue weighted by Crippen LogP contribution is 2.74. The van der Waals surface area contributed by atoms with Crippen LogP contribution in [0.2, 0.25) is 0 Å². The number of hydrogen-bond acceptors (Lipinski definition) is 2. The van der Waals surface area contributed by atoms with Crippen molar-refractivity contribution in [2.24, 2.45) is 29.1 Å². The Kier molecular flexibility index (Phi) is 2.52. The van der Waals surface area contributed by atoms with E-state index in [0.29, 0.717) is 16.9 Å². The fourth-order valence-electron chi connectivity index (χ4n) is 6.51. The highest BCUT2D eigenvalue weighted by Gasteiger charge is 2.70. The molecule has 1 spiro atoms. The summed E-state index contributed by atoms with van der Waals surface area (Å²) in [5.41, 5.74) is 0.903. The van der Waals surface area contributed by atoms with Crippen molar-refractivity contribution < 1.29 is 9.53 Å². The van der Waals surface area contributed by atoms with E-state index in [-0.39, 0.29) is 11.6 Å². The average molecular weight is 274 g/mol. The Morgan fingerprint density at radius 2 is 2.15 bits per heavy atom. The van der Waals surface area contributed by atoms with Gasteiger partial charge >= 0.3 is 5.97 Å². The Morgan fingerprint density at radius 3 is 2.85 bits per heavy atom. The Bertz CT molecular complexity index is 482. The van der Waals surface area contributed by atoms with E-state index in [1.54, 1.807) is 6.92 Å². The molecule has 4 rings (SSSR count). The maximum Gasteiger partial charge on any atom is 0.333 e. The zero-order valence-electron chi connectivity index (χ0n) is 12.8. The summed E-state index contributed by atoms with van der Waals surface area (Å²) in [6, 6.07) is 0. The number of fused-ring (bicyclic) bond motifs is 6. The summed E-state index contributed by atoms with van der Waals surface area (Å²) in [5.74, 6) is 3.15. The van der Waals surface area contributed by atoms with E-state index in [1.165, 1.54) is 32.1 Å². The number of hydrogen-bond donors (Lipinski definition) is 0. The number of carbonyl (C=O) groups is 1. The second-order valence-electron chi connectivity index (χ2n) is 8.08. The maximum atomic E-state index is 12.1. The quantitative estimate of drug-likeness (QED) is 0.572. The van der Waals surface area contributed by atoms with Crippen LogP contribution in [0.3, 0.4) is 0 Å². The fraction of sp³-hybridized carbons (Fsp3) is 0.833. The third-order valence-electron chi connectivity index (χ3n) is 7.30. The van der Waals surface area contributed by atoms with Crippen molar-refractivity contribution in [2.75, 3.05) is 0 Å². The van der Waals surface area contributed by atoms with E-state index in [1.807, 2.05) is 0 Å². The third kappa shape index (κ3) is 1.43. The van der Waals surface area contributed by atoms with Crippen molar-refractivity contribution >= 4 is 5.97 Å². The second-order valence-corrected chi connectivity index (χ2v) is 8.08. The molecule has 0 saturated heterocycles. The number of esters is 1. The second kappa shape index (κ2) is 3.90. The highest BCUT2D eigenvalue weighted by atomic mass is 16.6. The Balaban J connectivity index is 1.68. The predicted molar refractivity (Wildman–Crippen MR) is 78.0 cm³/mol. The minimum absolute atomic E-state index is 0.166. The van der Waals surface area contributed by atoms with Gasteiger partial charge in [0, 0.05) is 11.5 Å². The van der Waals surface area contributed by atoms with Gasteiger partial charge in [-0.25, -0.2) is 4.79 Å². The molecule has 110 valence electrons. The van der Waals surface area contributed by atoms with Gasteiger partial charge in [-0.3, -0.25) is 0 Å². The van der Waals surface area contributed by atoms with Crippen LogP contribution in [-0.2, 0) is 9.53 Å². The molecule has 0 aliphatic heterocycles. The molecule has 0 radical (unpaired) electrons. The summed E-state index contributed by atoms with van der Waals surface area (Å²) in [4.78, 5) is 12.1.